The maximum absolute atomic E-state index is 12.2. The van der Waals surface area contributed by atoms with Crippen LogP contribution in [0.15, 0.2) is 66.7 Å². The van der Waals surface area contributed by atoms with Crippen molar-refractivity contribution in [2.75, 3.05) is 6.61 Å². The van der Waals surface area contributed by atoms with E-state index in [2.05, 4.69) is 6.58 Å². The first-order valence-corrected chi connectivity index (χ1v) is 9.72. The van der Waals surface area contributed by atoms with Crippen molar-refractivity contribution in [3.05, 3.63) is 77.9 Å². The standard InChI is InChI=1S/C24H28O6/c1-6-27-22(25)17(2)21(29-23(26)30-24(3,4)5)19-12-14-20(15-13-19)28-16-18-10-8-7-9-11-18/h7-15,21H,2,6,16H2,1,3-5H3. The number of benzene rings is 2. The molecule has 0 radical (unpaired) electrons. The number of rotatable bonds is 8. The van der Waals surface area contributed by atoms with E-state index in [1.165, 1.54) is 0 Å². The Morgan fingerprint density at radius 3 is 2.20 bits per heavy atom. The highest BCUT2D eigenvalue weighted by molar-refractivity contribution is 5.89. The maximum atomic E-state index is 12.2. The van der Waals surface area contributed by atoms with Gasteiger partial charge in [-0.3, -0.25) is 0 Å². The Morgan fingerprint density at radius 1 is 1.00 bits per heavy atom. The summed E-state index contributed by atoms with van der Waals surface area (Å²) < 4.78 is 21.4. The lowest BCUT2D eigenvalue weighted by atomic mass is 10.0. The molecule has 2 aromatic rings. The molecule has 0 aromatic heterocycles. The predicted octanol–water partition coefficient (Wildman–Crippen LogP) is 5.38. The molecule has 0 aliphatic carbocycles. The molecule has 0 aliphatic heterocycles. The van der Waals surface area contributed by atoms with Crippen molar-refractivity contribution in [3.63, 3.8) is 0 Å². The van der Waals surface area contributed by atoms with Gasteiger partial charge in [0.15, 0.2) is 6.10 Å². The third kappa shape index (κ3) is 7.28. The van der Waals surface area contributed by atoms with Crippen molar-refractivity contribution in [1.82, 2.24) is 0 Å². The second kappa shape index (κ2) is 10.5. The average Bonchev–Trinajstić information content (AvgIpc) is 2.70. The molecule has 0 saturated carbocycles. The molecule has 0 heterocycles. The van der Waals surface area contributed by atoms with Crippen LogP contribution in [-0.2, 0) is 25.6 Å². The highest BCUT2D eigenvalue weighted by Gasteiger charge is 2.28. The van der Waals surface area contributed by atoms with E-state index in [-0.39, 0.29) is 12.2 Å². The lowest BCUT2D eigenvalue weighted by molar-refractivity contribution is -0.139. The highest BCUT2D eigenvalue weighted by atomic mass is 16.7. The molecule has 2 rings (SSSR count). The van der Waals surface area contributed by atoms with Gasteiger partial charge in [0.05, 0.1) is 12.2 Å². The monoisotopic (exact) mass is 412 g/mol. The molecule has 0 N–H and O–H groups in total. The summed E-state index contributed by atoms with van der Waals surface area (Å²) in [6.07, 6.45) is -1.94. The van der Waals surface area contributed by atoms with Crippen LogP contribution in [0.1, 0.15) is 44.9 Å². The van der Waals surface area contributed by atoms with Gasteiger partial charge in [0.2, 0.25) is 0 Å². The fourth-order valence-electron chi connectivity index (χ4n) is 2.52. The number of hydrogen-bond donors (Lipinski definition) is 0. The van der Waals surface area contributed by atoms with Crippen LogP contribution in [0.4, 0.5) is 4.79 Å². The third-order valence-corrected chi connectivity index (χ3v) is 3.89. The zero-order valence-electron chi connectivity index (χ0n) is 17.8. The molecule has 6 nitrogen and oxygen atoms in total. The molecule has 160 valence electrons. The van der Waals surface area contributed by atoms with Gasteiger partial charge in [-0.1, -0.05) is 49.0 Å². The van der Waals surface area contributed by atoms with Gasteiger partial charge in [0.25, 0.3) is 0 Å². The van der Waals surface area contributed by atoms with Gasteiger partial charge in [-0.05, 0) is 51.0 Å². The van der Waals surface area contributed by atoms with Crippen LogP contribution in [0.3, 0.4) is 0 Å². The van der Waals surface area contributed by atoms with Gasteiger partial charge in [0.1, 0.15) is 18.0 Å². The lowest BCUT2D eigenvalue weighted by Gasteiger charge is -2.23. The molecule has 1 unspecified atom stereocenters. The molecule has 0 spiro atoms. The van der Waals surface area contributed by atoms with Gasteiger partial charge in [-0.25, -0.2) is 9.59 Å². The lowest BCUT2D eigenvalue weighted by Crippen LogP contribution is -2.27. The van der Waals surface area contributed by atoms with E-state index in [1.54, 1.807) is 52.0 Å². The normalized spacial score (nSPS) is 11.9. The first kappa shape index (κ1) is 23.0. The molecule has 1 atom stereocenters. The summed E-state index contributed by atoms with van der Waals surface area (Å²) in [5.41, 5.74) is 0.859. The molecule has 0 bridgehead atoms. The average molecular weight is 412 g/mol. The van der Waals surface area contributed by atoms with Crippen molar-refractivity contribution in [1.29, 1.82) is 0 Å². The third-order valence-electron chi connectivity index (χ3n) is 3.89. The summed E-state index contributed by atoms with van der Waals surface area (Å²) in [4.78, 5) is 24.4. The van der Waals surface area contributed by atoms with Gasteiger partial charge in [-0.15, -0.1) is 0 Å². The van der Waals surface area contributed by atoms with Crippen LogP contribution in [0.5, 0.6) is 5.75 Å². The number of hydrogen-bond acceptors (Lipinski definition) is 6. The number of ether oxygens (including phenoxy) is 4. The van der Waals surface area contributed by atoms with E-state index in [0.717, 1.165) is 5.56 Å². The summed E-state index contributed by atoms with van der Waals surface area (Å²) in [7, 11) is 0. The Balaban J connectivity index is 2.14. The van der Waals surface area contributed by atoms with E-state index in [0.29, 0.717) is 17.9 Å². The Kier molecular flexibility index (Phi) is 8.04. The summed E-state index contributed by atoms with van der Waals surface area (Å²) in [6.45, 7) is 11.2. The summed E-state index contributed by atoms with van der Waals surface area (Å²) in [6, 6.07) is 16.7. The van der Waals surface area contributed by atoms with Crippen LogP contribution < -0.4 is 4.74 Å². The highest BCUT2D eigenvalue weighted by Crippen LogP contribution is 2.29. The molecule has 0 fully saturated rings. The molecule has 30 heavy (non-hydrogen) atoms. The van der Waals surface area contributed by atoms with Crippen LogP contribution in [0, 0.1) is 0 Å². The van der Waals surface area contributed by atoms with Crippen LogP contribution in [0.25, 0.3) is 0 Å². The molecular formula is C24H28O6. The molecule has 6 heteroatoms. The van der Waals surface area contributed by atoms with Crippen LogP contribution >= 0.6 is 0 Å². The van der Waals surface area contributed by atoms with E-state index in [4.69, 9.17) is 18.9 Å². The van der Waals surface area contributed by atoms with Crippen molar-refractivity contribution >= 4 is 12.1 Å². The second-order valence-corrected chi connectivity index (χ2v) is 7.55. The SMILES string of the molecule is C=C(C(=O)OCC)C(OC(=O)OC(C)(C)C)c1ccc(OCc2ccccc2)cc1. The fourth-order valence-corrected chi connectivity index (χ4v) is 2.52. The van der Waals surface area contributed by atoms with E-state index >= 15 is 0 Å². The van der Waals surface area contributed by atoms with Crippen molar-refractivity contribution in [2.45, 2.75) is 46.0 Å². The van der Waals surface area contributed by atoms with Gasteiger partial charge < -0.3 is 18.9 Å². The maximum Gasteiger partial charge on any atom is 0.509 e. The van der Waals surface area contributed by atoms with E-state index < -0.39 is 23.8 Å². The minimum atomic E-state index is -1.04. The molecule has 2 aromatic carbocycles. The Morgan fingerprint density at radius 2 is 1.63 bits per heavy atom. The minimum Gasteiger partial charge on any atom is -0.489 e. The van der Waals surface area contributed by atoms with Gasteiger partial charge in [-0.2, -0.15) is 0 Å². The summed E-state index contributed by atoms with van der Waals surface area (Å²) in [5, 5.41) is 0. The van der Waals surface area contributed by atoms with Crippen molar-refractivity contribution in [3.8, 4) is 5.75 Å². The number of esters is 1. The van der Waals surface area contributed by atoms with Crippen LogP contribution in [-0.4, -0.2) is 24.3 Å². The first-order chi connectivity index (χ1) is 14.2. The van der Waals surface area contributed by atoms with Crippen molar-refractivity contribution in [2.24, 2.45) is 0 Å². The summed E-state index contributed by atoms with van der Waals surface area (Å²) in [5.74, 6) is -0.00386. The Hall–Kier alpha value is -3.28. The smallest absolute Gasteiger partial charge is 0.489 e. The quantitative estimate of drug-likeness (QED) is 0.428. The zero-order chi connectivity index (χ0) is 22.1. The summed E-state index contributed by atoms with van der Waals surface area (Å²) >= 11 is 0. The largest absolute Gasteiger partial charge is 0.509 e. The zero-order valence-corrected chi connectivity index (χ0v) is 17.8. The molecular weight excluding hydrogens is 384 g/mol. The predicted molar refractivity (Wildman–Crippen MR) is 113 cm³/mol. The number of carbonyl (C=O) groups excluding carboxylic acids is 2. The minimum absolute atomic E-state index is 0.000614. The molecule has 0 aliphatic rings. The van der Waals surface area contributed by atoms with Gasteiger partial charge in [0, 0.05) is 0 Å². The van der Waals surface area contributed by atoms with Gasteiger partial charge >= 0.3 is 12.1 Å². The molecule has 0 amide bonds. The van der Waals surface area contributed by atoms with Crippen molar-refractivity contribution < 1.29 is 28.5 Å². The van der Waals surface area contributed by atoms with Crippen LogP contribution in [0.2, 0.25) is 0 Å². The number of carbonyl (C=O) groups is 2. The first-order valence-electron chi connectivity index (χ1n) is 9.72. The fraction of sp³-hybridized carbons (Fsp3) is 0.333. The Labute approximate surface area is 177 Å². The Bertz CT molecular complexity index is 850. The second-order valence-electron chi connectivity index (χ2n) is 7.55. The van der Waals surface area contributed by atoms with E-state index in [1.807, 2.05) is 30.3 Å². The molecule has 0 saturated heterocycles. The topological polar surface area (TPSA) is 71.1 Å². The van der Waals surface area contributed by atoms with E-state index in [9.17, 15) is 9.59 Å².